The lowest BCUT2D eigenvalue weighted by molar-refractivity contribution is -0.124. The highest BCUT2D eigenvalue weighted by Gasteiger charge is 2.27. The van der Waals surface area contributed by atoms with Gasteiger partial charge in [0.05, 0.1) is 6.54 Å². The lowest BCUT2D eigenvalue weighted by Crippen LogP contribution is -2.51. The Morgan fingerprint density at radius 3 is 2.83 bits per heavy atom. The Morgan fingerprint density at radius 2 is 2.17 bits per heavy atom. The first kappa shape index (κ1) is 13.3. The van der Waals surface area contributed by atoms with E-state index in [0.29, 0.717) is 24.0 Å². The summed E-state index contributed by atoms with van der Waals surface area (Å²) in [5.74, 6) is 0.327. The highest BCUT2D eigenvalue weighted by Crippen LogP contribution is 2.15. The van der Waals surface area contributed by atoms with Crippen molar-refractivity contribution in [2.45, 2.75) is 6.54 Å². The van der Waals surface area contributed by atoms with Crippen LogP contribution in [-0.2, 0) is 11.3 Å². The summed E-state index contributed by atoms with van der Waals surface area (Å²) in [6.07, 6.45) is 0. The summed E-state index contributed by atoms with van der Waals surface area (Å²) in [6.45, 7) is 2.65. The van der Waals surface area contributed by atoms with Gasteiger partial charge in [0, 0.05) is 37.2 Å². The fourth-order valence-corrected chi connectivity index (χ4v) is 2.22. The number of carbonyl (C=O) groups is 1. The Morgan fingerprint density at radius 1 is 1.44 bits per heavy atom. The molecule has 1 saturated heterocycles. The predicted molar refractivity (Wildman–Crippen MR) is 70.3 cm³/mol. The zero-order chi connectivity index (χ0) is 13.0. The van der Waals surface area contributed by atoms with Gasteiger partial charge >= 0.3 is 0 Å². The number of aliphatic hydroxyl groups excluding tert-OH is 1. The highest BCUT2D eigenvalue weighted by molar-refractivity contribution is 6.31. The Bertz CT molecular complexity index is 419. The third kappa shape index (κ3) is 3.45. The van der Waals surface area contributed by atoms with E-state index in [0.717, 1.165) is 18.7 Å². The number of aliphatic hydroxyl groups is 1. The van der Waals surface area contributed by atoms with E-state index in [1.165, 1.54) is 0 Å². The standard InChI is InChI=1S/C13H17ClN2O2/c14-12-4-2-1-3-11(12)5-15-13(18)8-16-6-10(7-16)9-17/h1-4,10,17H,5-9H2,(H,15,18). The number of halogens is 1. The van der Waals surface area contributed by atoms with Crippen molar-refractivity contribution in [1.82, 2.24) is 10.2 Å². The van der Waals surface area contributed by atoms with Gasteiger partial charge in [-0.15, -0.1) is 0 Å². The number of benzene rings is 1. The van der Waals surface area contributed by atoms with Crippen LogP contribution in [0.3, 0.4) is 0 Å². The van der Waals surface area contributed by atoms with Crippen molar-refractivity contribution in [1.29, 1.82) is 0 Å². The number of amides is 1. The average molecular weight is 269 g/mol. The van der Waals surface area contributed by atoms with E-state index < -0.39 is 0 Å². The van der Waals surface area contributed by atoms with Gasteiger partial charge in [0.2, 0.25) is 5.91 Å². The van der Waals surface area contributed by atoms with E-state index in [1.54, 1.807) is 0 Å². The van der Waals surface area contributed by atoms with Crippen molar-refractivity contribution in [3.8, 4) is 0 Å². The first-order chi connectivity index (χ1) is 8.69. The van der Waals surface area contributed by atoms with Gasteiger partial charge in [-0.25, -0.2) is 0 Å². The smallest absolute Gasteiger partial charge is 0.234 e. The maximum atomic E-state index is 11.7. The molecule has 2 rings (SSSR count). The van der Waals surface area contributed by atoms with Crippen LogP contribution < -0.4 is 5.32 Å². The molecule has 0 bridgehead atoms. The molecule has 0 saturated carbocycles. The van der Waals surface area contributed by atoms with E-state index in [4.69, 9.17) is 16.7 Å². The largest absolute Gasteiger partial charge is 0.396 e. The van der Waals surface area contributed by atoms with Crippen LogP contribution >= 0.6 is 11.6 Å². The van der Waals surface area contributed by atoms with Crippen LogP contribution in [0.5, 0.6) is 0 Å². The Hall–Kier alpha value is -1.10. The maximum absolute atomic E-state index is 11.7. The Kier molecular flexibility index (Phi) is 4.58. The average Bonchev–Trinajstić information content (AvgIpc) is 2.32. The van der Waals surface area contributed by atoms with Crippen molar-refractivity contribution in [2.75, 3.05) is 26.2 Å². The Balaban J connectivity index is 1.71. The van der Waals surface area contributed by atoms with Gasteiger partial charge in [-0.2, -0.15) is 0 Å². The minimum Gasteiger partial charge on any atom is -0.396 e. The second kappa shape index (κ2) is 6.18. The molecule has 1 aliphatic rings. The summed E-state index contributed by atoms with van der Waals surface area (Å²) >= 11 is 6.00. The quantitative estimate of drug-likeness (QED) is 0.834. The molecular formula is C13H17ClN2O2. The fourth-order valence-electron chi connectivity index (χ4n) is 2.02. The van der Waals surface area contributed by atoms with Gasteiger partial charge in [-0.1, -0.05) is 29.8 Å². The second-order valence-electron chi connectivity index (χ2n) is 4.61. The van der Waals surface area contributed by atoms with E-state index in [9.17, 15) is 4.79 Å². The summed E-state index contributed by atoms with van der Waals surface area (Å²) in [7, 11) is 0. The summed E-state index contributed by atoms with van der Waals surface area (Å²) in [4.78, 5) is 13.7. The minimum atomic E-state index is -0.00805. The zero-order valence-electron chi connectivity index (χ0n) is 10.1. The highest BCUT2D eigenvalue weighted by atomic mass is 35.5. The molecule has 1 aromatic rings. The first-order valence-corrected chi connectivity index (χ1v) is 6.40. The molecule has 0 spiro atoms. The molecule has 1 aromatic carbocycles. The molecule has 2 N–H and O–H groups in total. The molecule has 1 amide bonds. The van der Waals surface area contributed by atoms with Gasteiger partial charge in [-0.3, -0.25) is 9.69 Å². The molecule has 0 unspecified atom stereocenters. The van der Waals surface area contributed by atoms with Crippen molar-refractivity contribution in [2.24, 2.45) is 5.92 Å². The van der Waals surface area contributed by atoms with Crippen LogP contribution in [0.2, 0.25) is 5.02 Å². The monoisotopic (exact) mass is 268 g/mol. The van der Waals surface area contributed by atoms with Gasteiger partial charge in [0.15, 0.2) is 0 Å². The summed E-state index contributed by atoms with van der Waals surface area (Å²) in [5, 5.41) is 12.4. The molecule has 5 heteroatoms. The van der Waals surface area contributed by atoms with Crippen LogP contribution in [0.15, 0.2) is 24.3 Å². The van der Waals surface area contributed by atoms with E-state index in [2.05, 4.69) is 5.32 Å². The van der Waals surface area contributed by atoms with Crippen LogP contribution in [0.1, 0.15) is 5.56 Å². The third-order valence-electron chi connectivity index (χ3n) is 3.09. The molecule has 0 atom stereocenters. The number of hydrogen-bond donors (Lipinski definition) is 2. The lowest BCUT2D eigenvalue weighted by atomic mass is 10.0. The van der Waals surface area contributed by atoms with E-state index >= 15 is 0 Å². The minimum absolute atomic E-state index is 0.00805. The number of nitrogens with zero attached hydrogens (tertiary/aromatic N) is 1. The molecule has 18 heavy (non-hydrogen) atoms. The molecule has 1 aliphatic heterocycles. The van der Waals surface area contributed by atoms with Crippen LogP contribution in [0.25, 0.3) is 0 Å². The zero-order valence-corrected chi connectivity index (χ0v) is 10.9. The summed E-state index contributed by atoms with van der Waals surface area (Å²) < 4.78 is 0. The summed E-state index contributed by atoms with van der Waals surface area (Å²) in [5.41, 5.74) is 0.921. The molecule has 1 fully saturated rings. The van der Waals surface area contributed by atoms with Crippen molar-refractivity contribution in [3.63, 3.8) is 0 Å². The topological polar surface area (TPSA) is 52.6 Å². The summed E-state index contributed by atoms with van der Waals surface area (Å²) in [6, 6.07) is 7.47. The lowest BCUT2D eigenvalue weighted by Gasteiger charge is -2.37. The normalized spacial score (nSPS) is 16.3. The van der Waals surface area contributed by atoms with E-state index in [-0.39, 0.29) is 12.5 Å². The molecule has 0 aliphatic carbocycles. The molecule has 4 nitrogen and oxygen atoms in total. The van der Waals surface area contributed by atoms with Gasteiger partial charge in [0.1, 0.15) is 0 Å². The SMILES string of the molecule is O=C(CN1CC(CO)C1)NCc1ccccc1Cl. The molecule has 1 heterocycles. The third-order valence-corrected chi connectivity index (χ3v) is 3.46. The Labute approximate surface area is 112 Å². The number of nitrogens with one attached hydrogen (secondary N) is 1. The van der Waals surface area contributed by atoms with E-state index in [1.807, 2.05) is 29.2 Å². The van der Waals surface area contributed by atoms with Gasteiger partial charge in [-0.05, 0) is 11.6 Å². The number of hydrogen-bond acceptors (Lipinski definition) is 3. The van der Waals surface area contributed by atoms with Gasteiger partial charge < -0.3 is 10.4 Å². The van der Waals surface area contributed by atoms with Crippen LogP contribution in [-0.4, -0.2) is 42.2 Å². The maximum Gasteiger partial charge on any atom is 0.234 e. The molecular weight excluding hydrogens is 252 g/mol. The number of likely N-dealkylation sites (tertiary alicyclic amines) is 1. The second-order valence-corrected chi connectivity index (χ2v) is 5.02. The van der Waals surface area contributed by atoms with Crippen molar-refractivity contribution >= 4 is 17.5 Å². The van der Waals surface area contributed by atoms with Crippen LogP contribution in [0.4, 0.5) is 0 Å². The van der Waals surface area contributed by atoms with Crippen molar-refractivity contribution < 1.29 is 9.90 Å². The van der Waals surface area contributed by atoms with Gasteiger partial charge in [0.25, 0.3) is 0 Å². The molecule has 0 radical (unpaired) electrons. The van der Waals surface area contributed by atoms with Crippen LogP contribution in [0, 0.1) is 5.92 Å². The fraction of sp³-hybridized carbons (Fsp3) is 0.462. The van der Waals surface area contributed by atoms with Crippen molar-refractivity contribution in [3.05, 3.63) is 34.9 Å². The number of rotatable bonds is 5. The first-order valence-electron chi connectivity index (χ1n) is 6.02. The molecule has 98 valence electrons. The predicted octanol–water partition coefficient (Wildman–Crippen LogP) is 0.880. The molecule has 0 aromatic heterocycles. The number of carbonyl (C=O) groups excluding carboxylic acids is 1.